The molecule has 0 aliphatic carbocycles. The topological polar surface area (TPSA) is 64.6 Å². The van der Waals surface area contributed by atoms with Gasteiger partial charge in [-0.1, -0.05) is 18.2 Å². The van der Waals surface area contributed by atoms with Crippen LogP contribution in [0.15, 0.2) is 24.3 Å². The lowest BCUT2D eigenvalue weighted by Gasteiger charge is -2.20. The summed E-state index contributed by atoms with van der Waals surface area (Å²) in [4.78, 5) is 23.0. The van der Waals surface area contributed by atoms with E-state index in [1.165, 1.54) is 0 Å². The minimum absolute atomic E-state index is 0.108. The first kappa shape index (κ1) is 17.0. The Morgan fingerprint density at radius 1 is 1.19 bits per heavy atom. The van der Waals surface area contributed by atoms with Gasteiger partial charge in [-0.3, -0.25) is 9.59 Å². The molecule has 21 heavy (non-hydrogen) atoms. The van der Waals surface area contributed by atoms with E-state index in [1.54, 1.807) is 0 Å². The predicted octanol–water partition coefficient (Wildman–Crippen LogP) is 2.22. The van der Waals surface area contributed by atoms with Gasteiger partial charge in [0.05, 0.1) is 13.0 Å². The fourth-order valence-corrected chi connectivity index (χ4v) is 1.64. The maximum absolute atomic E-state index is 11.5. The summed E-state index contributed by atoms with van der Waals surface area (Å²) in [7, 11) is 0. The first-order valence-electron chi connectivity index (χ1n) is 6.93. The quantitative estimate of drug-likeness (QED) is 0.817. The minimum atomic E-state index is -0.451. The molecule has 0 aliphatic heterocycles. The monoisotopic (exact) mass is 293 g/mol. The van der Waals surface area contributed by atoms with Gasteiger partial charge in [-0.05, 0) is 39.3 Å². The van der Waals surface area contributed by atoms with Crippen LogP contribution in [-0.2, 0) is 14.3 Å². The van der Waals surface area contributed by atoms with Crippen molar-refractivity contribution in [2.24, 2.45) is 0 Å². The number of para-hydroxylation sites is 1. The smallest absolute Gasteiger partial charge is 0.309 e. The normalized spacial score (nSPS) is 10.9. The molecule has 1 amide bonds. The highest BCUT2D eigenvalue weighted by molar-refractivity contribution is 5.81. The van der Waals surface area contributed by atoms with Gasteiger partial charge >= 0.3 is 5.97 Å². The van der Waals surface area contributed by atoms with Crippen molar-refractivity contribution in [1.82, 2.24) is 5.32 Å². The van der Waals surface area contributed by atoms with E-state index in [2.05, 4.69) is 5.32 Å². The molecule has 116 valence electrons. The van der Waals surface area contributed by atoms with Crippen LogP contribution in [0.3, 0.4) is 0 Å². The van der Waals surface area contributed by atoms with E-state index in [0.717, 1.165) is 11.3 Å². The molecule has 0 saturated heterocycles. The van der Waals surface area contributed by atoms with E-state index in [4.69, 9.17) is 9.47 Å². The highest BCUT2D eigenvalue weighted by atomic mass is 16.5. The molecule has 0 heterocycles. The lowest BCUT2D eigenvalue weighted by Crippen LogP contribution is -2.42. The van der Waals surface area contributed by atoms with E-state index in [1.807, 2.05) is 52.0 Å². The van der Waals surface area contributed by atoms with E-state index in [9.17, 15) is 9.59 Å². The maximum Gasteiger partial charge on any atom is 0.309 e. The minimum Gasteiger partial charge on any atom is -0.493 e. The third-order valence-corrected chi connectivity index (χ3v) is 2.54. The van der Waals surface area contributed by atoms with Gasteiger partial charge < -0.3 is 14.8 Å². The summed E-state index contributed by atoms with van der Waals surface area (Å²) in [6.07, 6.45) is 0.108. The Hall–Kier alpha value is -2.04. The number of esters is 1. The summed E-state index contributed by atoms with van der Waals surface area (Å²) < 4.78 is 10.4. The van der Waals surface area contributed by atoms with Crippen LogP contribution in [0.1, 0.15) is 32.8 Å². The molecule has 0 fully saturated rings. The molecule has 0 spiro atoms. The predicted molar refractivity (Wildman–Crippen MR) is 80.1 cm³/mol. The van der Waals surface area contributed by atoms with Crippen molar-refractivity contribution in [3.8, 4) is 5.75 Å². The second-order valence-electron chi connectivity index (χ2n) is 5.82. The SMILES string of the molecule is Cc1ccccc1OCCC(=O)OCC(=O)NC(C)(C)C. The molecule has 0 saturated carbocycles. The lowest BCUT2D eigenvalue weighted by molar-refractivity contribution is -0.149. The Morgan fingerprint density at radius 3 is 2.48 bits per heavy atom. The van der Waals surface area contributed by atoms with Gasteiger partial charge in [0.15, 0.2) is 6.61 Å². The van der Waals surface area contributed by atoms with Crippen LogP contribution in [0.2, 0.25) is 0 Å². The second kappa shape index (κ2) is 7.67. The average Bonchev–Trinajstić information content (AvgIpc) is 2.37. The van der Waals surface area contributed by atoms with Crippen LogP contribution >= 0.6 is 0 Å². The largest absolute Gasteiger partial charge is 0.493 e. The number of hydrogen-bond donors (Lipinski definition) is 1. The molecule has 0 aromatic heterocycles. The van der Waals surface area contributed by atoms with Crippen molar-refractivity contribution in [2.75, 3.05) is 13.2 Å². The number of amides is 1. The molecule has 0 radical (unpaired) electrons. The highest BCUT2D eigenvalue weighted by Gasteiger charge is 2.15. The highest BCUT2D eigenvalue weighted by Crippen LogP contribution is 2.16. The molecular formula is C16H23NO4. The summed E-state index contributed by atoms with van der Waals surface area (Å²) >= 11 is 0. The van der Waals surface area contributed by atoms with Crippen molar-refractivity contribution in [3.05, 3.63) is 29.8 Å². The number of nitrogens with one attached hydrogen (secondary N) is 1. The van der Waals surface area contributed by atoms with Gasteiger partial charge in [0.25, 0.3) is 5.91 Å². The molecule has 0 atom stereocenters. The van der Waals surface area contributed by atoms with E-state index in [0.29, 0.717) is 0 Å². The fourth-order valence-electron chi connectivity index (χ4n) is 1.64. The average molecular weight is 293 g/mol. The summed E-state index contributed by atoms with van der Waals surface area (Å²) in [5.74, 6) is -0.0147. The van der Waals surface area contributed by atoms with Crippen molar-refractivity contribution in [3.63, 3.8) is 0 Å². The van der Waals surface area contributed by atoms with Crippen LogP contribution in [0.25, 0.3) is 0 Å². The first-order chi connectivity index (χ1) is 9.78. The molecular weight excluding hydrogens is 270 g/mol. The van der Waals surface area contributed by atoms with Crippen LogP contribution in [0.4, 0.5) is 0 Å². The van der Waals surface area contributed by atoms with Crippen molar-refractivity contribution in [2.45, 2.75) is 39.7 Å². The zero-order valence-corrected chi connectivity index (χ0v) is 13.1. The first-order valence-corrected chi connectivity index (χ1v) is 6.93. The zero-order chi connectivity index (χ0) is 15.9. The Labute approximate surface area is 125 Å². The third kappa shape index (κ3) is 7.34. The number of ether oxygens (including phenoxy) is 2. The van der Waals surface area contributed by atoms with Gasteiger partial charge in [-0.25, -0.2) is 0 Å². The van der Waals surface area contributed by atoms with Gasteiger partial charge in [-0.15, -0.1) is 0 Å². The number of rotatable bonds is 6. The third-order valence-electron chi connectivity index (χ3n) is 2.54. The molecule has 0 aliphatic rings. The fraction of sp³-hybridized carbons (Fsp3) is 0.500. The molecule has 1 N–H and O–H groups in total. The second-order valence-corrected chi connectivity index (χ2v) is 5.82. The number of hydrogen-bond acceptors (Lipinski definition) is 4. The van der Waals surface area contributed by atoms with Crippen LogP contribution in [0, 0.1) is 6.92 Å². The molecule has 5 nitrogen and oxygen atoms in total. The molecule has 0 bridgehead atoms. The summed E-state index contributed by atoms with van der Waals surface area (Å²) in [6.45, 7) is 7.49. The van der Waals surface area contributed by atoms with Gasteiger partial charge in [0, 0.05) is 5.54 Å². The van der Waals surface area contributed by atoms with Crippen molar-refractivity contribution < 1.29 is 19.1 Å². The maximum atomic E-state index is 11.5. The number of benzene rings is 1. The van der Waals surface area contributed by atoms with Crippen molar-refractivity contribution >= 4 is 11.9 Å². The Balaban J connectivity index is 2.23. The van der Waals surface area contributed by atoms with Gasteiger partial charge in [-0.2, -0.15) is 0 Å². The van der Waals surface area contributed by atoms with E-state index >= 15 is 0 Å². The van der Waals surface area contributed by atoms with Crippen LogP contribution < -0.4 is 10.1 Å². The van der Waals surface area contributed by atoms with E-state index in [-0.39, 0.29) is 31.1 Å². The summed E-state index contributed by atoms with van der Waals surface area (Å²) in [5, 5.41) is 2.72. The summed E-state index contributed by atoms with van der Waals surface area (Å²) in [5.41, 5.74) is 0.674. The lowest BCUT2D eigenvalue weighted by atomic mass is 10.1. The Bertz CT molecular complexity index is 491. The molecule has 1 aromatic carbocycles. The van der Waals surface area contributed by atoms with Gasteiger partial charge in [0.1, 0.15) is 5.75 Å². The number of carbonyl (C=O) groups is 2. The summed E-state index contributed by atoms with van der Waals surface area (Å²) in [6, 6.07) is 7.57. The molecule has 1 aromatic rings. The molecule has 5 heteroatoms. The number of carbonyl (C=O) groups excluding carboxylic acids is 2. The van der Waals surface area contributed by atoms with Crippen molar-refractivity contribution in [1.29, 1.82) is 0 Å². The zero-order valence-electron chi connectivity index (χ0n) is 13.1. The van der Waals surface area contributed by atoms with Gasteiger partial charge in [0.2, 0.25) is 0 Å². The van der Waals surface area contributed by atoms with Crippen LogP contribution in [0.5, 0.6) is 5.75 Å². The standard InChI is InChI=1S/C16H23NO4/c1-12-7-5-6-8-13(12)20-10-9-15(19)21-11-14(18)17-16(2,3)4/h5-8H,9-11H2,1-4H3,(H,17,18). The van der Waals surface area contributed by atoms with E-state index < -0.39 is 5.97 Å². The number of aryl methyl sites for hydroxylation is 1. The molecule has 1 rings (SSSR count). The Kier molecular flexibility index (Phi) is 6.21. The Morgan fingerprint density at radius 2 is 1.86 bits per heavy atom. The van der Waals surface area contributed by atoms with Crippen LogP contribution in [-0.4, -0.2) is 30.6 Å². The molecule has 0 unspecified atom stereocenters.